The van der Waals surface area contributed by atoms with Gasteiger partial charge < -0.3 is 20.9 Å². The van der Waals surface area contributed by atoms with Crippen LogP contribution in [0.4, 0.5) is 0 Å². The first kappa shape index (κ1) is 23.5. The summed E-state index contributed by atoms with van der Waals surface area (Å²) in [6, 6.07) is 20.9. The molecule has 0 spiro atoms. The van der Waals surface area contributed by atoms with E-state index in [2.05, 4.69) is 29.2 Å². The maximum atomic E-state index is 12.0. The highest BCUT2D eigenvalue weighted by atomic mass is 16.4. The third-order valence-corrected chi connectivity index (χ3v) is 6.52. The SMILES string of the molecule is NC(CCCCB(O)O)(C(=O)O)[C@H]1C[C@@H](N(Cc2ccccc2)Cc2ccccc2)C1. The molecule has 166 valence electrons. The molecule has 1 saturated carbocycles. The number of benzene rings is 2. The molecule has 0 aliphatic heterocycles. The molecule has 31 heavy (non-hydrogen) atoms. The van der Waals surface area contributed by atoms with E-state index in [1.165, 1.54) is 11.1 Å². The van der Waals surface area contributed by atoms with Gasteiger partial charge in [-0.2, -0.15) is 0 Å². The van der Waals surface area contributed by atoms with Gasteiger partial charge in [0.1, 0.15) is 5.54 Å². The number of nitrogens with zero attached hydrogens (tertiary/aromatic N) is 1. The van der Waals surface area contributed by atoms with Crippen molar-refractivity contribution in [1.82, 2.24) is 4.90 Å². The molecule has 2 aromatic rings. The Hall–Kier alpha value is -2.19. The minimum absolute atomic E-state index is 0.0805. The van der Waals surface area contributed by atoms with Gasteiger partial charge in [-0.25, -0.2) is 0 Å². The van der Waals surface area contributed by atoms with Gasteiger partial charge in [0.15, 0.2) is 0 Å². The highest BCUT2D eigenvalue weighted by Crippen LogP contribution is 2.41. The Morgan fingerprint density at radius 3 is 1.94 bits per heavy atom. The zero-order valence-corrected chi connectivity index (χ0v) is 17.9. The van der Waals surface area contributed by atoms with E-state index in [1.807, 2.05) is 36.4 Å². The zero-order chi connectivity index (χ0) is 22.3. The number of rotatable bonds is 12. The molecule has 1 atom stereocenters. The molecule has 6 nitrogen and oxygen atoms in total. The third kappa shape index (κ3) is 6.40. The van der Waals surface area contributed by atoms with Crippen LogP contribution in [-0.2, 0) is 17.9 Å². The highest BCUT2D eigenvalue weighted by molar-refractivity contribution is 6.40. The van der Waals surface area contributed by atoms with Crippen LogP contribution in [0.15, 0.2) is 60.7 Å². The monoisotopic (exact) mass is 424 g/mol. The van der Waals surface area contributed by atoms with Gasteiger partial charge >= 0.3 is 13.1 Å². The summed E-state index contributed by atoms with van der Waals surface area (Å²) in [5.74, 6) is -1.04. The van der Waals surface area contributed by atoms with E-state index in [1.54, 1.807) is 0 Å². The first-order valence-electron chi connectivity index (χ1n) is 11.1. The summed E-state index contributed by atoms with van der Waals surface area (Å²) in [6.07, 6.45) is 3.22. The second kappa shape index (κ2) is 10.9. The van der Waals surface area contributed by atoms with Gasteiger partial charge in [0.05, 0.1) is 0 Å². The summed E-state index contributed by atoms with van der Waals surface area (Å²) in [5.41, 5.74) is 7.60. The molecule has 0 aromatic heterocycles. The summed E-state index contributed by atoms with van der Waals surface area (Å²) in [6.45, 7) is 1.62. The maximum Gasteiger partial charge on any atom is 0.451 e. The van der Waals surface area contributed by atoms with Gasteiger partial charge in [0.2, 0.25) is 0 Å². The summed E-state index contributed by atoms with van der Waals surface area (Å²) >= 11 is 0. The first-order chi connectivity index (χ1) is 14.9. The quantitative estimate of drug-likeness (QED) is 0.308. The van der Waals surface area contributed by atoms with Crippen LogP contribution in [0.3, 0.4) is 0 Å². The van der Waals surface area contributed by atoms with Crippen molar-refractivity contribution >= 4 is 13.1 Å². The molecule has 1 aliphatic rings. The molecule has 1 aliphatic carbocycles. The van der Waals surface area contributed by atoms with Crippen LogP contribution in [0, 0.1) is 5.92 Å². The third-order valence-electron chi connectivity index (χ3n) is 6.52. The fourth-order valence-electron chi connectivity index (χ4n) is 4.49. The van der Waals surface area contributed by atoms with Crippen molar-refractivity contribution in [2.75, 3.05) is 0 Å². The molecule has 3 rings (SSSR count). The lowest BCUT2D eigenvalue weighted by Gasteiger charge is -2.49. The second-order valence-electron chi connectivity index (χ2n) is 8.77. The molecule has 0 amide bonds. The van der Waals surface area contributed by atoms with Crippen LogP contribution in [0.5, 0.6) is 0 Å². The minimum Gasteiger partial charge on any atom is -0.480 e. The van der Waals surface area contributed by atoms with Crippen LogP contribution in [-0.4, -0.2) is 44.7 Å². The lowest BCUT2D eigenvalue weighted by molar-refractivity contribution is -0.149. The van der Waals surface area contributed by atoms with Gasteiger partial charge in [-0.05, 0) is 42.6 Å². The molecule has 1 fully saturated rings. The molecule has 5 N–H and O–H groups in total. The van der Waals surface area contributed by atoms with E-state index in [9.17, 15) is 9.90 Å². The van der Waals surface area contributed by atoms with Crippen molar-refractivity contribution in [3.8, 4) is 0 Å². The highest BCUT2D eigenvalue weighted by Gasteiger charge is 2.49. The Labute approximate surface area is 184 Å². The first-order valence-corrected chi connectivity index (χ1v) is 11.1. The Morgan fingerprint density at radius 2 is 1.48 bits per heavy atom. The predicted octanol–water partition coefficient (Wildman–Crippen LogP) is 2.89. The number of carboxylic acid groups (broad SMARTS) is 1. The number of aliphatic carboxylic acids is 1. The van der Waals surface area contributed by atoms with Gasteiger partial charge in [-0.3, -0.25) is 9.69 Å². The average Bonchev–Trinajstić information content (AvgIpc) is 2.71. The van der Waals surface area contributed by atoms with Crippen LogP contribution in [0.1, 0.15) is 43.2 Å². The van der Waals surface area contributed by atoms with Gasteiger partial charge in [0, 0.05) is 19.1 Å². The van der Waals surface area contributed by atoms with Crippen molar-refractivity contribution in [1.29, 1.82) is 0 Å². The Balaban J connectivity index is 1.64. The lowest BCUT2D eigenvalue weighted by atomic mass is 9.65. The van der Waals surface area contributed by atoms with Crippen molar-refractivity contribution in [2.24, 2.45) is 11.7 Å². The molecule has 1 unspecified atom stereocenters. The molecule has 2 aromatic carbocycles. The van der Waals surface area contributed by atoms with Gasteiger partial charge in [0.25, 0.3) is 0 Å². The molecular formula is C24H33BN2O4. The lowest BCUT2D eigenvalue weighted by Crippen LogP contribution is -2.61. The number of nitrogens with two attached hydrogens (primary N) is 1. The number of hydrogen-bond acceptors (Lipinski definition) is 5. The number of carboxylic acids is 1. The Morgan fingerprint density at radius 1 is 0.968 bits per heavy atom. The molecule has 0 heterocycles. The van der Waals surface area contributed by atoms with Gasteiger partial charge in [-0.15, -0.1) is 0 Å². The fraction of sp³-hybridized carbons (Fsp3) is 0.458. The average molecular weight is 424 g/mol. The summed E-state index contributed by atoms with van der Waals surface area (Å²) in [7, 11) is -1.35. The van der Waals surface area contributed by atoms with Crippen molar-refractivity contribution in [2.45, 2.75) is 63.1 Å². The zero-order valence-electron chi connectivity index (χ0n) is 17.9. The minimum atomic E-state index is -1.35. The van der Waals surface area contributed by atoms with E-state index in [-0.39, 0.29) is 18.3 Å². The normalized spacial score (nSPS) is 20.1. The van der Waals surface area contributed by atoms with Crippen molar-refractivity contribution < 1.29 is 19.9 Å². The molecule has 0 saturated heterocycles. The van der Waals surface area contributed by atoms with E-state index >= 15 is 0 Å². The molecule has 7 heteroatoms. The summed E-state index contributed by atoms with van der Waals surface area (Å²) in [4.78, 5) is 14.4. The van der Waals surface area contributed by atoms with Crippen molar-refractivity contribution in [3.63, 3.8) is 0 Å². The second-order valence-corrected chi connectivity index (χ2v) is 8.77. The number of unbranched alkanes of at least 4 members (excludes halogenated alkanes) is 1. The predicted molar refractivity (Wildman–Crippen MR) is 122 cm³/mol. The standard InChI is InChI=1S/C24H33BN2O4/c26-24(23(28)29,13-7-8-14-25(30)31)21-15-22(16-21)27(17-19-9-3-1-4-10-19)18-20-11-5-2-6-12-20/h1-6,9-12,21-22,30-31H,7-8,13-18,26H2,(H,28,29)/t21-,22+,24?. The van der Waals surface area contributed by atoms with Crippen LogP contribution in [0.25, 0.3) is 0 Å². The van der Waals surface area contributed by atoms with Crippen LogP contribution >= 0.6 is 0 Å². The molecule has 0 bridgehead atoms. The van der Waals surface area contributed by atoms with E-state index < -0.39 is 18.6 Å². The Kier molecular flexibility index (Phi) is 8.26. The number of hydrogen-bond donors (Lipinski definition) is 4. The van der Waals surface area contributed by atoms with Crippen molar-refractivity contribution in [3.05, 3.63) is 71.8 Å². The van der Waals surface area contributed by atoms with E-state index in [0.717, 1.165) is 25.9 Å². The number of carbonyl (C=O) groups is 1. The Bertz CT molecular complexity index is 773. The summed E-state index contributed by atoms with van der Waals surface area (Å²) in [5, 5.41) is 27.8. The van der Waals surface area contributed by atoms with Crippen LogP contribution < -0.4 is 5.73 Å². The van der Waals surface area contributed by atoms with Crippen LogP contribution in [0.2, 0.25) is 6.32 Å². The smallest absolute Gasteiger partial charge is 0.451 e. The van der Waals surface area contributed by atoms with E-state index in [4.69, 9.17) is 15.8 Å². The fourth-order valence-corrected chi connectivity index (χ4v) is 4.49. The topological polar surface area (TPSA) is 107 Å². The van der Waals surface area contributed by atoms with Gasteiger partial charge in [-0.1, -0.05) is 73.5 Å². The largest absolute Gasteiger partial charge is 0.480 e. The summed E-state index contributed by atoms with van der Waals surface area (Å²) < 4.78 is 0. The maximum absolute atomic E-state index is 12.0. The van der Waals surface area contributed by atoms with E-state index in [0.29, 0.717) is 19.3 Å². The molecule has 0 radical (unpaired) electrons. The molecular weight excluding hydrogens is 391 g/mol.